The Morgan fingerprint density at radius 1 is 1.00 bits per heavy atom. The Bertz CT molecular complexity index is 1110. The summed E-state index contributed by atoms with van der Waals surface area (Å²) < 4.78 is 46.3. The van der Waals surface area contributed by atoms with Gasteiger partial charge in [-0.3, -0.25) is 9.69 Å². The molecule has 0 N–H and O–H groups in total. The van der Waals surface area contributed by atoms with E-state index in [9.17, 15) is 18.0 Å². The molecule has 6 nitrogen and oxygen atoms in total. The lowest BCUT2D eigenvalue weighted by molar-refractivity contribution is -0.0884. The molecule has 10 heteroatoms. The minimum atomic E-state index is -4.91. The van der Waals surface area contributed by atoms with Crippen LogP contribution in [0.5, 0.6) is 5.75 Å². The third kappa shape index (κ3) is 6.08. The Balaban J connectivity index is 1.23. The first-order valence-electron chi connectivity index (χ1n) is 11.2. The molecule has 0 spiro atoms. The van der Waals surface area contributed by atoms with E-state index in [1.807, 2.05) is 12.1 Å². The number of aromatic nitrogens is 2. The number of ketones is 1. The smallest absolute Gasteiger partial charge is 0.454 e. The summed E-state index contributed by atoms with van der Waals surface area (Å²) in [6.07, 6.45) is -1.35. The van der Waals surface area contributed by atoms with Crippen LogP contribution in [0.2, 0.25) is 5.02 Å². The number of fused-ring (bicyclic) bond motifs is 1. The minimum Gasteiger partial charge on any atom is -0.492 e. The van der Waals surface area contributed by atoms with Crippen molar-refractivity contribution in [3.8, 4) is 5.75 Å². The van der Waals surface area contributed by atoms with Gasteiger partial charge in [0.05, 0.1) is 5.56 Å². The minimum absolute atomic E-state index is 0.235. The first-order valence-corrected chi connectivity index (χ1v) is 11.6. The van der Waals surface area contributed by atoms with Gasteiger partial charge >= 0.3 is 6.18 Å². The molecular formula is C24H26ClF3N4O2. The Hall–Kier alpha value is -2.62. The predicted octanol–water partition coefficient (Wildman–Crippen LogP) is 4.52. The van der Waals surface area contributed by atoms with Crippen molar-refractivity contribution < 1.29 is 22.7 Å². The maximum Gasteiger partial charge on any atom is 0.454 e. The van der Waals surface area contributed by atoms with Gasteiger partial charge in [0.25, 0.3) is 5.78 Å². The van der Waals surface area contributed by atoms with E-state index in [-0.39, 0.29) is 10.9 Å². The molecule has 2 aromatic heterocycles. The van der Waals surface area contributed by atoms with Crippen LogP contribution >= 0.6 is 11.6 Å². The van der Waals surface area contributed by atoms with Crippen molar-refractivity contribution in [1.29, 1.82) is 0 Å². The highest BCUT2D eigenvalue weighted by Gasteiger charge is 2.41. The highest BCUT2D eigenvalue weighted by atomic mass is 35.5. The van der Waals surface area contributed by atoms with Crippen LogP contribution in [0.1, 0.15) is 16.8 Å². The van der Waals surface area contributed by atoms with E-state index in [2.05, 4.69) is 14.8 Å². The van der Waals surface area contributed by atoms with E-state index in [4.69, 9.17) is 16.3 Å². The maximum absolute atomic E-state index is 13.0. The second-order valence-corrected chi connectivity index (χ2v) is 8.71. The number of halogens is 4. The number of carbonyl (C=O) groups excluding carboxylic acids is 1. The number of ether oxygens (including phenoxy) is 1. The highest BCUT2D eigenvalue weighted by Crippen LogP contribution is 2.27. The summed E-state index contributed by atoms with van der Waals surface area (Å²) in [5, 5.41) is 0.916. The molecule has 0 radical (unpaired) electrons. The normalized spacial score (nSPS) is 15.6. The Morgan fingerprint density at radius 3 is 2.35 bits per heavy atom. The van der Waals surface area contributed by atoms with Gasteiger partial charge in [0.1, 0.15) is 18.0 Å². The van der Waals surface area contributed by atoms with E-state index >= 15 is 0 Å². The van der Waals surface area contributed by atoms with E-state index < -0.39 is 12.0 Å². The molecule has 1 aliphatic rings. The fourth-order valence-electron chi connectivity index (χ4n) is 4.15. The van der Waals surface area contributed by atoms with Crippen molar-refractivity contribution in [2.75, 3.05) is 45.9 Å². The van der Waals surface area contributed by atoms with Crippen molar-refractivity contribution in [3.05, 3.63) is 59.4 Å². The quantitative estimate of drug-likeness (QED) is 0.409. The largest absolute Gasteiger partial charge is 0.492 e. The SMILES string of the molecule is O=C(c1cn(CCCN2CCN(CCOc3ccc(Cl)cc3)CC2)c2ncccc12)C(F)(F)F. The number of alkyl halides is 3. The lowest BCUT2D eigenvalue weighted by Crippen LogP contribution is -2.47. The molecule has 0 unspecified atom stereocenters. The highest BCUT2D eigenvalue weighted by molar-refractivity contribution is 6.30. The second kappa shape index (κ2) is 10.8. The standard InChI is InChI=1S/C24H26ClF3N4O2/c25-18-4-6-19(7-5-18)34-16-15-31-13-11-30(12-14-31)9-2-10-32-17-21(22(33)24(26,27)28)20-3-1-8-29-23(20)32/h1,3-8,17H,2,9-16H2. The van der Waals surface area contributed by atoms with Gasteiger partial charge in [0.15, 0.2) is 0 Å². The fourth-order valence-corrected chi connectivity index (χ4v) is 4.28. The molecule has 0 aliphatic carbocycles. The summed E-state index contributed by atoms with van der Waals surface area (Å²) in [4.78, 5) is 20.7. The summed E-state index contributed by atoms with van der Waals surface area (Å²) in [5.74, 6) is -1.03. The molecule has 182 valence electrons. The number of Topliss-reactive ketones (excluding diaryl/α,β-unsaturated/α-hetero) is 1. The molecule has 0 bridgehead atoms. The van der Waals surface area contributed by atoms with Gasteiger partial charge in [0.2, 0.25) is 0 Å². The molecule has 1 aliphatic heterocycles. The van der Waals surface area contributed by atoms with Gasteiger partial charge in [-0.2, -0.15) is 13.2 Å². The fraction of sp³-hybridized carbons (Fsp3) is 0.417. The number of rotatable bonds is 9. The van der Waals surface area contributed by atoms with Crippen molar-refractivity contribution in [2.24, 2.45) is 0 Å². The van der Waals surface area contributed by atoms with Crippen LogP contribution in [0, 0.1) is 0 Å². The van der Waals surface area contributed by atoms with Gasteiger partial charge in [0, 0.05) is 62.1 Å². The average molecular weight is 495 g/mol. The number of carbonyl (C=O) groups is 1. The number of pyridine rings is 1. The van der Waals surface area contributed by atoms with E-state index in [0.29, 0.717) is 23.8 Å². The third-order valence-corrected chi connectivity index (χ3v) is 6.22. The zero-order valence-corrected chi connectivity index (χ0v) is 19.4. The lowest BCUT2D eigenvalue weighted by Gasteiger charge is -2.34. The number of hydrogen-bond donors (Lipinski definition) is 0. The first kappa shape index (κ1) is 24.5. The van der Waals surface area contributed by atoms with Gasteiger partial charge in [-0.25, -0.2) is 4.98 Å². The summed E-state index contributed by atoms with van der Waals surface area (Å²) in [6, 6.07) is 10.4. The Kier molecular flexibility index (Phi) is 7.75. The topological polar surface area (TPSA) is 50.6 Å². The van der Waals surface area contributed by atoms with Gasteiger partial charge in [-0.15, -0.1) is 0 Å². The second-order valence-electron chi connectivity index (χ2n) is 8.28. The molecule has 3 heterocycles. The van der Waals surface area contributed by atoms with Crippen LogP contribution in [-0.4, -0.2) is 77.2 Å². The van der Waals surface area contributed by atoms with Crippen molar-refractivity contribution in [1.82, 2.24) is 19.4 Å². The third-order valence-electron chi connectivity index (χ3n) is 5.96. The lowest BCUT2D eigenvalue weighted by atomic mass is 10.1. The van der Waals surface area contributed by atoms with E-state index in [1.54, 1.807) is 22.8 Å². The number of piperazine rings is 1. The Morgan fingerprint density at radius 2 is 1.68 bits per heavy atom. The zero-order chi connectivity index (χ0) is 24.1. The average Bonchev–Trinajstić information content (AvgIpc) is 3.19. The summed E-state index contributed by atoms with van der Waals surface area (Å²) in [7, 11) is 0. The maximum atomic E-state index is 13.0. The van der Waals surface area contributed by atoms with Crippen LogP contribution < -0.4 is 4.74 Å². The molecule has 0 saturated carbocycles. The Labute approximate surface area is 200 Å². The van der Waals surface area contributed by atoms with Crippen molar-refractivity contribution in [3.63, 3.8) is 0 Å². The summed E-state index contributed by atoms with van der Waals surface area (Å²) >= 11 is 5.88. The molecular weight excluding hydrogens is 469 g/mol. The predicted molar refractivity (Wildman–Crippen MR) is 125 cm³/mol. The van der Waals surface area contributed by atoms with Crippen molar-refractivity contribution >= 4 is 28.4 Å². The van der Waals surface area contributed by atoms with Gasteiger partial charge in [-0.1, -0.05) is 11.6 Å². The molecule has 1 fully saturated rings. The number of aryl methyl sites for hydroxylation is 1. The number of hydrogen-bond acceptors (Lipinski definition) is 5. The van der Waals surface area contributed by atoms with Crippen LogP contribution in [0.3, 0.4) is 0 Å². The molecule has 0 amide bonds. The molecule has 1 saturated heterocycles. The summed E-state index contributed by atoms with van der Waals surface area (Å²) in [5.41, 5.74) is 0.0608. The molecule has 1 aromatic carbocycles. The van der Waals surface area contributed by atoms with E-state index in [0.717, 1.165) is 51.4 Å². The molecule has 3 aromatic rings. The van der Waals surface area contributed by atoms with Gasteiger partial charge < -0.3 is 14.2 Å². The van der Waals surface area contributed by atoms with Crippen LogP contribution in [0.15, 0.2) is 48.8 Å². The zero-order valence-electron chi connectivity index (χ0n) is 18.6. The van der Waals surface area contributed by atoms with Crippen molar-refractivity contribution in [2.45, 2.75) is 19.1 Å². The van der Waals surface area contributed by atoms with Gasteiger partial charge in [-0.05, 0) is 49.4 Å². The van der Waals surface area contributed by atoms with E-state index in [1.165, 1.54) is 18.5 Å². The monoisotopic (exact) mass is 494 g/mol. The molecule has 34 heavy (non-hydrogen) atoms. The first-order chi connectivity index (χ1) is 16.3. The number of benzene rings is 1. The molecule has 4 rings (SSSR count). The van der Waals surface area contributed by atoms with Crippen LogP contribution in [0.4, 0.5) is 13.2 Å². The van der Waals surface area contributed by atoms with Crippen LogP contribution in [0.25, 0.3) is 11.0 Å². The summed E-state index contributed by atoms with van der Waals surface area (Å²) in [6.45, 7) is 6.47. The van der Waals surface area contributed by atoms with Crippen LogP contribution in [-0.2, 0) is 6.54 Å². The number of nitrogens with zero attached hydrogens (tertiary/aromatic N) is 4. The molecule has 0 atom stereocenters.